The summed E-state index contributed by atoms with van der Waals surface area (Å²) in [6.07, 6.45) is 7.10. The molecule has 0 bridgehead atoms. The van der Waals surface area contributed by atoms with Crippen LogP contribution in [0.5, 0.6) is 0 Å². The second kappa shape index (κ2) is 5.62. The number of nitrogens with zero attached hydrogens (tertiary/aromatic N) is 3. The molecule has 2 rings (SSSR count). The van der Waals surface area contributed by atoms with E-state index in [2.05, 4.69) is 44.0 Å². The molecule has 3 nitrogen and oxygen atoms in total. The summed E-state index contributed by atoms with van der Waals surface area (Å²) in [6.45, 7) is 3.09. The lowest BCUT2D eigenvalue weighted by Crippen LogP contribution is -2.35. The van der Waals surface area contributed by atoms with Gasteiger partial charge in [0.25, 0.3) is 0 Å². The standard InChI is InChI=1S/C12H18BrN3/c1-10-8-12(15-14-9-10)16(7-6-13)11-4-2-3-5-11/h8-9,11H,2-7H2,1H3. The predicted molar refractivity (Wildman–Crippen MR) is 70.2 cm³/mol. The molecule has 0 atom stereocenters. The molecule has 4 heteroatoms. The Morgan fingerprint density at radius 2 is 2.19 bits per heavy atom. The van der Waals surface area contributed by atoms with Gasteiger partial charge in [0.05, 0.1) is 6.20 Å². The number of rotatable bonds is 4. The third-order valence-electron chi connectivity index (χ3n) is 3.16. The monoisotopic (exact) mass is 283 g/mol. The first-order chi connectivity index (χ1) is 7.81. The number of hydrogen-bond donors (Lipinski definition) is 0. The molecular weight excluding hydrogens is 266 g/mol. The van der Waals surface area contributed by atoms with Crippen LogP contribution in [0.1, 0.15) is 31.2 Å². The van der Waals surface area contributed by atoms with Gasteiger partial charge in [-0.1, -0.05) is 28.8 Å². The number of anilines is 1. The Kier molecular flexibility index (Phi) is 4.16. The Bertz CT molecular complexity index is 337. The van der Waals surface area contributed by atoms with Gasteiger partial charge in [0.1, 0.15) is 0 Å². The normalized spacial score (nSPS) is 16.6. The van der Waals surface area contributed by atoms with Gasteiger partial charge in [0, 0.05) is 17.9 Å². The Balaban J connectivity index is 2.17. The zero-order valence-corrected chi connectivity index (χ0v) is 11.3. The molecule has 88 valence electrons. The van der Waals surface area contributed by atoms with Crippen molar-refractivity contribution >= 4 is 21.7 Å². The molecule has 1 aliphatic carbocycles. The molecule has 1 fully saturated rings. The topological polar surface area (TPSA) is 29.0 Å². The minimum Gasteiger partial charge on any atom is -0.351 e. The molecular formula is C12H18BrN3. The van der Waals surface area contributed by atoms with E-state index in [0.717, 1.165) is 17.7 Å². The largest absolute Gasteiger partial charge is 0.351 e. The molecule has 16 heavy (non-hydrogen) atoms. The average molecular weight is 284 g/mol. The molecule has 0 saturated heterocycles. The van der Waals surface area contributed by atoms with Crippen LogP contribution >= 0.6 is 15.9 Å². The fourth-order valence-corrected chi connectivity index (χ4v) is 2.76. The van der Waals surface area contributed by atoms with Crippen molar-refractivity contribution in [3.63, 3.8) is 0 Å². The quantitative estimate of drug-likeness (QED) is 0.796. The van der Waals surface area contributed by atoms with Crippen LogP contribution in [0.3, 0.4) is 0 Å². The van der Waals surface area contributed by atoms with Crippen molar-refractivity contribution in [3.8, 4) is 0 Å². The van der Waals surface area contributed by atoms with Crippen LogP contribution in [0.2, 0.25) is 0 Å². The SMILES string of the molecule is Cc1cnnc(N(CCBr)C2CCCC2)c1. The first-order valence-electron chi connectivity index (χ1n) is 5.93. The highest BCUT2D eigenvalue weighted by Gasteiger charge is 2.23. The van der Waals surface area contributed by atoms with Gasteiger partial charge in [-0.2, -0.15) is 5.10 Å². The van der Waals surface area contributed by atoms with Gasteiger partial charge < -0.3 is 4.90 Å². The summed E-state index contributed by atoms with van der Waals surface area (Å²) in [6, 6.07) is 2.79. The van der Waals surface area contributed by atoms with E-state index < -0.39 is 0 Å². The highest BCUT2D eigenvalue weighted by Crippen LogP contribution is 2.27. The van der Waals surface area contributed by atoms with E-state index in [-0.39, 0.29) is 0 Å². The summed E-state index contributed by atoms with van der Waals surface area (Å²) < 4.78 is 0. The zero-order valence-electron chi connectivity index (χ0n) is 9.69. The van der Waals surface area contributed by atoms with Crippen LogP contribution in [0.25, 0.3) is 0 Å². The predicted octanol–water partition coefficient (Wildman–Crippen LogP) is 2.93. The van der Waals surface area contributed by atoms with Gasteiger partial charge in [0.2, 0.25) is 0 Å². The van der Waals surface area contributed by atoms with Crippen molar-refractivity contribution in [1.82, 2.24) is 10.2 Å². The van der Waals surface area contributed by atoms with Crippen LogP contribution in [0.4, 0.5) is 5.82 Å². The van der Waals surface area contributed by atoms with Crippen molar-refractivity contribution in [2.75, 3.05) is 16.8 Å². The van der Waals surface area contributed by atoms with E-state index in [1.165, 1.54) is 31.2 Å². The fraction of sp³-hybridized carbons (Fsp3) is 0.667. The lowest BCUT2D eigenvalue weighted by atomic mass is 10.2. The van der Waals surface area contributed by atoms with Gasteiger partial charge in [0.15, 0.2) is 5.82 Å². The second-order valence-electron chi connectivity index (χ2n) is 4.41. The van der Waals surface area contributed by atoms with Crippen LogP contribution in [0.15, 0.2) is 12.3 Å². The number of hydrogen-bond acceptors (Lipinski definition) is 3. The Morgan fingerprint density at radius 3 is 2.81 bits per heavy atom. The second-order valence-corrected chi connectivity index (χ2v) is 5.20. The summed E-state index contributed by atoms with van der Waals surface area (Å²) >= 11 is 3.52. The lowest BCUT2D eigenvalue weighted by Gasteiger charge is -2.29. The van der Waals surface area contributed by atoms with E-state index in [1.807, 2.05) is 6.20 Å². The van der Waals surface area contributed by atoms with Crippen LogP contribution in [-0.2, 0) is 0 Å². The molecule has 0 N–H and O–H groups in total. The number of alkyl halides is 1. The van der Waals surface area contributed by atoms with E-state index in [9.17, 15) is 0 Å². The maximum Gasteiger partial charge on any atom is 0.151 e. The summed E-state index contributed by atoms with van der Waals surface area (Å²) in [7, 11) is 0. The van der Waals surface area contributed by atoms with E-state index in [0.29, 0.717) is 6.04 Å². The molecule has 0 aromatic carbocycles. The van der Waals surface area contributed by atoms with Crippen molar-refractivity contribution in [3.05, 3.63) is 17.8 Å². The first-order valence-corrected chi connectivity index (χ1v) is 7.05. The molecule has 0 aliphatic heterocycles. The lowest BCUT2D eigenvalue weighted by molar-refractivity contribution is 0.611. The molecule has 1 aromatic heterocycles. The molecule has 1 heterocycles. The number of aryl methyl sites for hydroxylation is 1. The van der Waals surface area contributed by atoms with E-state index >= 15 is 0 Å². The third-order valence-corrected chi connectivity index (χ3v) is 3.52. The summed E-state index contributed by atoms with van der Waals surface area (Å²) in [5.41, 5.74) is 1.18. The minimum atomic E-state index is 0.661. The van der Waals surface area contributed by atoms with Gasteiger partial charge >= 0.3 is 0 Å². The Hall–Kier alpha value is -0.640. The zero-order chi connectivity index (χ0) is 11.4. The molecule has 0 spiro atoms. The minimum absolute atomic E-state index is 0.661. The maximum atomic E-state index is 4.26. The first kappa shape index (κ1) is 11.8. The van der Waals surface area contributed by atoms with Crippen molar-refractivity contribution in [2.24, 2.45) is 0 Å². The molecule has 0 radical (unpaired) electrons. The van der Waals surface area contributed by atoms with Gasteiger partial charge in [-0.25, -0.2) is 0 Å². The highest BCUT2D eigenvalue weighted by atomic mass is 79.9. The van der Waals surface area contributed by atoms with Crippen molar-refractivity contribution in [1.29, 1.82) is 0 Å². The van der Waals surface area contributed by atoms with Gasteiger partial charge in [-0.15, -0.1) is 5.10 Å². The molecule has 1 aromatic rings. The van der Waals surface area contributed by atoms with Crippen molar-refractivity contribution in [2.45, 2.75) is 38.6 Å². The Labute approximate surface area is 105 Å². The smallest absolute Gasteiger partial charge is 0.151 e. The van der Waals surface area contributed by atoms with E-state index in [4.69, 9.17) is 0 Å². The highest BCUT2D eigenvalue weighted by molar-refractivity contribution is 9.09. The number of aromatic nitrogens is 2. The molecule has 1 aliphatic rings. The van der Waals surface area contributed by atoms with Gasteiger partial charge in [-0.3, -0.25) is 0 Å². The number of halogens is 1. The molecule has 0 unspecified atom stereocenters. The van der Waals surface area contributed by atoms with Crippen LogP contribution < -0.4 is 4.90 Å². The summed E-state index contributed by atoms with van der Waals surface area (Å²) in [5.74, 6) is 1.03. The summed E-state index contributed by atoms with van der Waals surface area (Å²) in [4.78, 5) is 2.40. The van der Waals surface area contributed by atoms with Crippen LogP contribution in [0, 0.1) is 6.92 Å². The Morgan fingerprint density at radius 1 is 1.44 bits per heavy atom. The third kappa shape index (κ3) is 2.73. The molecule has 0 amide bonds. The average Bonchev–Trinajstić information content (AvgIpc) is 2.79. The summed E-state index contributed by atoms with van der Waals surface area (Å²) in [5, 5.41) is 9.30. The molecule has 1 saturated carbocycles. The van der Waals surface area contributed by atoms with Gasteiger partial charge in [-0.05, 0) is 31.4 Å². The van der Waals surface area contributed by atoms with E-state index in [1.54, 1.807) is 0 Å². The maximum absolute atomic E-state index is 4.26. The van der Waals surface area contributed by atoms with Crippen molar-refractivity contribution < 1.29 is 0 Å². The fourth-order valence-electron chi connectivity index (χ4n) is 2.38. The van der Waals surface area contributed by atoms with Crippen LogP contribution in [-0.4, -0.2) is 28.1 Å².